The summed E-state index contributed by atoms with van der Waals surface area (Å²) in [5, 5.41) is 16.3. The second kappa shape index (κ2) is 4.92. The average molecular weight is 279 g/mol. The minimum atomic E-state index is -1.17. The molecule has 1 aromatic heterocycles. The van der Waals surface area contributed by atoms with Crippen molar-refractivity contribution in [2.75, 3.05) is 0 Å². The van der Waals surface area contributed by atoms with Gasteiger partial charge in [0.1, 0.15) is 5.41 Å². The van der Waals surface area contributed by atoms with Crippen LogP contribution >= 0.6 is 0 Å². The maximum atomic E-state index is 12.0. The van der Waals surface area contributed by atoms with E-state index in [4.69, 9.17) is 5.11 Å². The van der Waals surface area contributed by atoms with Crippen LogP contribution < -0.4 is 5.32 Å². The molecule has 1 aromatic rings. The van der Waals surface area contributed by atoms with E-state index in [1.165, 1.54) is 0 Å². The van der Waals surface area contributed by atoms with E-state index in [9.17, 15) is 9.59 Å². The van der Waals surface area contributed by atoms with Crippen molar-refractivity contribution in [3.8, 4) is 0 Å². The molecule has 2 N–H and O–H groups in total. The Morgan fingerprint density at radius 3 is 2.45 bits per heavy atom. The summed E-state index contributed by atoms with van der Waals surface area (Å²) in [4.78, 5) is 23.1. The molecule has 20 heavy (non-hydrogen) atoms. The summed E-state index contributed by atoms with van der Waals surface area (Å²) in [7, 11) is 1.89. The van der Waals surface area contributed by atoms with Crippen LogP contribution in [0.15, 0.2) is 0 Å². The number of amides is 1. The number of carboxylic acid groups (broad SMARTS) is 1. The lowest BCUT2D eigenvalue weighted by atomic mass is 10.0. The maximum absolute atomic E-state index is 12.0. The second-order valence-corrected chi connectivity index (χ2v) is 5.74. The van der Waals surface area contributed by atoms with Gasteiger partial charge in [0.15, 0.2) is 0 Å². The van der Waals surface area contributed by atoms with Crippen LogP contribution in [0.4, 0.5) is 0 Å². The Morgan fingerprint density at radius 1 is 1.45 bits per heavy atom. The number of aryl methyl sites for hydroxylation is 2. The van der Waals surface area contributed by atoms with E-state index in [1.807, 2.05) is 32.5 Å². The van der Waals surface area contributed by atoms with E-state index in [-0.39, 0.29) is 11.9 Å². The van der Waals surface area contributed by atoms with Gasteiger partial charge in [-0.1, -0.05) is 0 Å². The Morgan fingerprint density at radius 2 is 2.05 bits per heavy atom. The zero-order chi connectivity index (χ0) is 15.1. The van der Waals surface area contributed by atoms with Crippen LogP contribution in [0.25, 0.3) is 0 Å². The number of carbonyl (C=O) groups is 2. The summed E-state index contributed by atoms with van der Waals surface area (Å²) in [6.45, 7) is 5.82. The van der Waals surface area contributed by atoms with E-state index in [1.54, 1.807) is 0 Å². The molecule has 1 amide bonds. The van der Waals surface area contributed by atoms with E-state index in [0.717, 1.165) is 17.0 Å². The van der Waals surface area contributed by atoms with E-state index in [0.29, 0.717) is 19.3 Å². The summed E-state index contributed by atoms with van der Waals surface area (Å²) in [6, 6.07) is -0.110. The molecule has 1 atom stereocenters. The molecule has 0 aromatic carbocycles. The van der Waals surface area contributed by atoms with Gasteiger partial charge in [-0.3, -0.25) is 14.3 Å². The van der Waals surface area contributed by atoms with Crippen LogP contribution in [-0.4, -0.2) is 32.8 Å². The number of aliphatic carboxylic acids is 1. The first-order valence-corrected chi connectivity index (χ1v) is 6.81. The normalized spacial score (nSPS) is 17.6. The Hall–Kier alpha value is -1.85. The lowest BCUT2D eigenvalue weighted by Crippen LogP contribution is -2.42. The fourth-order valence-electron chi connectivity index (χ4n) is 2.50. The monoisotopic (exact) mass is 279 g/mol. The number of nitrogens with zero attached hydrogens (tertiary/aromatic N) is 2. The SMILES string of the molecule is Cc1nn(C)c(C)c1CC(C)NC(=O)C1(C(=O)O)CC1. The molecule has 0 bridgehead atoms. The molecule has 6 heteroatoms. The molecule has 0 saturated heterocycles. The summed E-state index contributed by atoms with van der Waals surface area (Å²) in [5.41, 5.74) is 1.96. The summed E-state index contributed by atoms with van der Waals surface area (Å²) >= 11 is 0. The molecule has 1 aliphatic rings. The van der Waals surface area contributed by atoms with Crippen molar-refractivity contribution in [3.63, 3.8) is 0 Å². The van der Waals surface area contributed by atoms with Gasteiger partial charge < -0.3 is 10.4 Å². The predicted octanol–water partition coefficient (Wildman–Crippen LogP) is 0.949. The number of carbonyl (C=O) groups excluding carboxylic acids is 1. The molecule has 0 spiro atoms. The highest BCUT2D eigenvalue weighted by Gasteiger charge is 2.57. The highest BCUT2D eigenvalue weighted by molar-refractivity contribution is 6.04. The van der Waals surface area contributed by atoms with Crippen LogP contribution in [0, 0.1) is 19.3 Å². The number of hydrogen-bond acceptors (Lipinski definition) is 3. The van der Waals surface area contributed by atoms with Crippen molar-refractivity contribution in [1.29, 1.82) is 0 Å². The zero-order valence-electron chi connectivity index (χ0n) is 12.4. The average Bonchev–Trinajstić information content (AvgIpc) is 3.12. The topological polar surface area (TPSA) is 84.2 Å². The van der Waals surface area contributed by atoms with Crippen molar-refractivity contribution in [1.82, 2.24) is 15.1 Å². The van der Waals surface area contributed by atoms with Crippen molar-refractivity contribution in [2.24, 2.45) is 12.5 Å². The quantitative estimate of drug-likeness (QED) is 0.786. The summed E-state index contributed by atoms with van der Waals surface area (Å²) in [6.07, 6.45) is 1.53. The van der Waals surface area contributed by atoms with Gasteiger partial charge in [-0.15, -0.1) is 0 Å². The molecule has 110 valence electrons. The lowest BCUT2D eigenvalue weighted by Gasteiger charge is -2.17. The number of hydrogen-bond donors (Lipinski definition) is 2. The molecule has 0 radical (unpaired) electrons. The second-order valence-electron chi connectivity index (χ2n) is 5.74. The van der Waals surface area contributed by atoms with Crippen LogP contribution in [0.5, 0.6) is 0 Å². The van der Waals surface area contributed by atoms with Gasteiger partial charge in [-0.25, -0.2) is 0 Å². The van der Waals surface area contributed by atoms with Crippen LogP contribution in [0.2, 0.25) is 0 Å². The Balaban J connectivity index is 2.01. The van der Waals surface area contributed by atoms with Gasteiger partial charge in [0.2, 0.25) is 5.91 Å². The fourth-order valence-corrected chi connectivity index (χ4v) is 2.50. The van der Waals surface area contributed by atoms with Crippen molar-refractivity contribution in [2.45, 2.75) is 46.1 Å². The third kappa shape index (κ3) is 2.42. The van der Waals surface area contributed by atoms with Crippen LogP contribution in [0.1, 0.15) is 36.7 Å². The molecule has 1 saturated carbocycles. The largest absolute Gasteiger partial charge is 0.480 e. The van der Waals surface area contributed by atoms with Gasteiger partial charge in [-0.2, -0.15) is 5.10 Å². The molecular formula is C14H21N3O3. The third-order valence-electron chi connectivity index (χ3n) is 4.14. The number of rotatable bonds is 5. The van der Waals surface area contributed by atoms with Crippen LogP contribution in [0.3, 0.4) is 0 Å². The summed E-state index contributed by atoms with van der Waals surface area (Å²) in [5.74, 6) is -1.38. The van der Waals surface area contributed by atoms with Gasteiger partial charge in [-0.05, 0) is 45.6 Å². The van der Waals surface area contributed by atoms with Gasteiger partial charge in [0.25, 0.3) is 0 Å². The van der Waals surface area contributed by atoms with Crippen molar-refractivity contribution >= 4 is 11.9 Å². The third-order valence-corrected chi connectivity index (χ3v) is 4.14. The van der Waals surface area contributed by atoms with E-state index >= 15 is 0 Å². The first-order valence-electron chi connectivity index (χ1n) is 6.81. The molecular weight excluding hydrogens is 258 g/mol. The standard InChI is InChI=1S/C14H21N3O3/c1-8(7-11-9(2)16-17(4)10(11)3)15-12(18)14(5-6-14)13(19)20/h8H,5-7H2,1-4H3,(H,15,18)(H,19,20). The van der Waals surface area contributed by atoms with Crippen LogP contribution in [-0.2, 0) is 23.1 Å². The zero-order valence-corrected chi connectivity index (χ0v) is 12.4. The van der Waals surface area contributed by atoms with Gasteiger partial charge in [0, 0.05) is 18.8 Å². The minimum absolute atomic E-state index is 0.110. The smallest absolute Gasteiger partial charge is 0.319 e. The Labute approximate surface area is 118 Å². The Kier molecular flexibility index (Phi) is 3.58. The first kappa shape index (κ1) is 14.6. The van der Waals surface area contributed by atoms with Crippen molar-refractivity contribution in [3.05, 3.63) is 17.0 Å². The molecule has 1 fully saturated rings. The highest BCUT2D eigenvalue weighted by atomic mass is 16.4. The fraction of sp³-hybridized carbons (Fsp3) is 0.643. The molecule has 1 heterocycles. The lowest BCUT2D eigenvalue weighted by molar-refractivity contribution is -0.149. The molecule has 2 rings (SSSR count). The maximum Gasteiger partial charge on any atom is 0.319 e. The number of nitrogens with one attached hydrogen (secondary N) is 1. The number of aromatic nitrogens is 2. The summed E-state index contributed by atoms with van der Waals surface area (Å²) < 4.78 is 1.82. The predicted molar refractivity (Wildman–Crippen MR) is 73.3 cm³/mol. The first-order chi connectivity index (χ1) is 9.28. The van der Waals surface area contributed by atoms with Gasteiger partial charge in [0.05, 0.1) is 5.69 Å². The molecule has 1 unspecified atom stereocenters. The number of carboxylic acids is 1. The highest BCUT2D eigenvalue weighted by Crippen LogP contribution is 2.46. The van der Waals surface area contributed by atoms with Gasteiger partial charge >= 0.3 is 5.97 Å². The Bertz CT molecular complexity index is 558. The van der Waals surface area contributed by atoms with E-state index < -0.39 is 11.4 Å². The van der Waals surface area contributed by atoms with E-state index in [2.05, 4.69) is 10.4 Å². The molecule has 6 nitrogen and oxygen atoms in total. The minimum Gasteiger partial charge on any atom is -0.480 e. The van der Waals surface area contributed by atoms with Crippen molar-refractivity contribution < 1.29 is 14.7 Å². The molecule has 1 aliphatic carbocycles. The molecule has 0 aliphatic heterocycles.